The summed E-state index contributed by atoms with van der Waals surface area (Å²) in [6.45, 7) is 22.8. The van der Waals surface area contributed by atoms with Crippen LogP contribution in [0, 0.1) is 5.92 Å². The molecule has 0 fully saturated rings. The van der Waals surface area contributed by atoms with Crippen LogP contribution in [-0.4, -0.2) is 25.0 Å². The fourth-order valence-corrected chi connectivity index (χ4v) is 6.39. The van der Waals surface area contributed by atoms with E-state index in [2.05, 4.69) is 86.4 Å². The molecular formula is C51H109N. The number of hydrogen-bond donors (Lipinski definition) is 0. The lowest BCUT2D eigenvalue weighted by atomic mass is 9.93. The highest BCUT2D eigenvalue weighted by molar-refractivity contribution is 4.88. The molecule has 0 rings (SSSR count). The second kappa shape index (κ2) is 60.0. The van der Waals surface area contributed by atoms with Gasteiger partial charge in [0, 0.05) is 0 Å². The third kappa shape index (κ3) is 64.6. The molecule has 0 N–H and O–H groups in total. The maximum absolute atomic E-state index is 2.60. The molecule has 0 amide bonds. The van der Waals surface area contributed by atoms with Gasteiger partial charge in [-0.05, 0) is 58.2 Å². The Morgan fingerprint density at radius 3 is 0.923 bits per heavy atom. The second-order valence-corrected chi connectivity index (χ2v) is 16.3. The van der Waals surface area contributed by atoms with Gasteiger partial charge in [0.15, 0.2) is 0 Å². The molecule has 52 heavy (non-hydrogen) atoms. The zero-order valence-electron chi connectivity index (χ0n) is 39.0. The summed E-state index contributed by atoms with van der Waals surface area (Å²) in [6.07, 6.45) is 56.1. The quantitative estimate of drug-likeness (QED) is 0.0454. The normalized spacial score (nSPS) is 11.0. The van der Waals surface area contributed by atoms with E-state index < -0.39 is 0 Å². The monoisotopic (exact) mass is 736 g/mol. The molecule has 1 heteroatoms. The highest BCUT2D eigenvalue weighted by Crippen LogP contribution is 2.21. The van der Waals surface area contributed by atoms with Gasteiger partial charge in [0.1, 0.15) is 0 Å². The van der Waals surface area contributed by atoms with Gasteiger partial charge in [-0.2, -0.15) is 0 Å². The Balaban J connectivity index is -0.000000375. The summed E-state index contributed by atoms with van der Waals surface area (Å²) in [7, 11) is 2.20. The SMILES string of the molecule is CCCC.CCCCCCCC/C=C/C(CCCCCCCC)CCCCCCCC.CCCCCCCCC.CCCCCCCCN(C)CC. The molecule has 0 aliphatic carbocycles. The maximum Gasteiger partial charge on any atom is -0.00219 e. The van der Waals surface area contributed by atoms with Crippen molar-refractivity contribution in [2.24, 2.45) is 5.92 Å². The first-order valence-corrected chi connectivity index (χ1v) is 24.8. The summed E-state index contributed by atoms with van der Waals surface area (Å²) >= 11 is 0. The van der Waals surface area contributed by atoms with Crippen LogP contribution >= 0.6 is 0 Å². The highest BCUT2D eigenvalue weighted by Gasteiger charge is 2.05. The van der Waals surface area contributed by atoms with Crippen molar-refractivity contribution in [1.29, 1.82) is 0 Å². The van der Waals surface area contributed by atoms with Crippen molar-refractivity contribution in [2.45, 2.75) is 293 Å². The van der Waals surface area contributed by atoms with Crippen LogP contribution in [0.4, 0.5) is 0 Å². The Labute approximate surface area is 335 Å². The summed E-state index contributed by atoms with van der Waals surface area (Å²) < 4.78 is 0. The molecule has 0 aromatic rings. The van der Waals surface area contributed by atoms with E-state index in [1.807, 2.05) is 0 Å². The Bertz CT molecular complexity index is 529. The summed E-state index contributed by atoms with van der Waals surface area (Å²) in [5.41, 5.74) is 0. The summed E-state index contributed by atoms with van der Waals surface area (Å²) in [4.78, 5) is 2.39. The van der Waals surface area contributed by atoms with E-state index in [0.29, 0.717) is 0 Å². The van der Waals surface area contributed by atoms with Crippen molar-refractivity contribution >= 4 is 0 Å². The third-order valence-corrected chi connectivity index (χ3v) is 10.6. The van der Waals surface area contributed by atoms with Gasteiger partial charge in [-0.1, -0.05) is 274 Å². The third-order valence-electron chi connectivity index (χ3n) is 10.6. The minimum Gasteiger partial charge on any atom is -0.307 e. The molecule has 0 spiro atoms. The van der Waals surface area contributed by atoms with Gasteiger partial charge in [-0.15, -0.1) is 0 Å². The predicted molar refractivity (Wildman–Crippen MR) is 247 cm³/mol. The zero-order valence-corrected chi connectivity index (χ0v) is 39.0. The first-order chi connectivity index (χ1) is 25.5. The smallest absolute Gasteiger partial charge is 0.00219 e. The minimum atomic E-state index is 0.863. The van der Waals surface area contributed by atoms with Crippen molar-refractivity contribution < 1.29 is 0 Å². The van der Waals surface area contributed by atoms with Gasteiger partial charge < -0.3 is 4.90 Å². The lowest BCUT2D eigenvalue weighted by Crippen LogP contribution is -2.18. The number of rotatable bonds is 37. The van der Waals surface area contributed by atoms with Crippen molar-refractivity contribution in [1.82, 2.24) is 4.90 Å². The van der Waals surface area contributed by atoms with Crippen LogP contribution in [0.25, 0.3) is 0 Å². The molecule has 318 valence electrons. The molecule has 0 aliphatic rings. The van der Waals surface area contributed by atoms with Crippen LogP contribution in [0.3, 0.4) is 0 Å². The van der Waals surface area contributed by atoms with E-state index in [0.717, 1.165) is 5.92 Å². The van der Waals surface area contributed by atoms with Crippen molar-refractivity contribution in [3.63, 3.8) is 0 Å². The molecule has 0 aromatic heterocycles. The Morgan fingerprint density at radius 2 is 0.615 bits per heavy atom. The van der Waals surface area contributed by atoms with Crippen LogP contribution in [0.5, 0.6) is 0 Å². The first-order valence-electron chi connectivity index (χ1n) is 24.8. The molecule has 0 atom stereocenters. The molecule has 0 heterocycles. The van der Waals surface area contributed by atoms with Gasteiger partial charge in [-0.3, -0.25) is 0 Å². The van der Waals surface area contributed by atoms with Crippen molar-refractivity contribution in [3.05, 3.63) is 12.2 Å². The standard InChI is InChI=1S/C27H54.C11H25N.C9H20.C4H10/c1-4-7-10-13-16-17-20-23-26-27(24-21-18-14-11-8-5-2)25-22-19-15-12-9-6-3;1-4-6-7-8-9-10-11-12(3)5-2;1-3-5-7-9-8-6-4-2;1-3-4-2/h23,26-27H,4-22,24-25H2,1-3H3;4-11H2,1-3H3;3-9H2,1-2H3;3-4H2,1-2H3/b26-23+;;;. The molecule has 0 aromatic carbocycles. The molecule has 1 nitrogen and oxygen atoms in total. The van der Waals surface area contributed by atoms with Crippen LogP contribution in [0.2, 0.25) is 0 Å². The first kappa shape index (κ1) is 58.4. The summed E-state index contributed by atoms with van der Waals surface area (Å²) in [5, 5.41) is 0. The molecule has 0 saturated carbocycles. The maximum atomic E-state index is 2.60. The Kier molecular flexibility index (Phi) is 67.4. The van der Waals surface area contributed by atoms with Crippen molar-refractivity contribution in [3.8, 4) is 0 Å². The minimum absolute atomic E-state index is 0.863. The average molecular weight is 736 g/mol. The van der Waals surface area contributed by atoms with Gasteiger partial charge in [0.2, 0.25) is 0 Å². The predicted octanol–water partition coefficient (Wildman–Crippen LogP) is 19.3. The number of allylic oxidation sites excluding steroid dienone is 2. The van der Waals surface area contributed by atoms with Crippen LogP contribution in [0.1, 0.15) is 293 Å². The van der Waals surface area contributed by atoms with E-state index in [1.165, 1.54) is 244 Å². The van der Waals surface area contributed by atoms with Gasteiger partial charge in [0.05, 0.1) is 0 Å². The fourth-order valence-electron chi connectivity index (χ4n) is 6.39. The zero-order chi connectivity index (χ0) is 39.4. The highest BCUT2D eigenvalue weighted by atomic mass is 15.1. The number of nitrogens with zero attached hydrogens (tertiary/aromatic N) is 1. The van der Waals surface area contributed by atoms with E-state index in [4.69, 9.17) is 0 Å². The second-order valence-electron chi connectivity index (χ2n) is 16.3. The van der Waals surface area contributed by atoms with E-state index >= 15 is 0 Å². The number of hydrogen-bond acceptors (Lipinski definition) is 1. The lowest BCUT2D eigenvalue weighted by molar-refractivity contribution is 0.340. The van der Waals surface area contributed by atoms with E-state index in [9.17, 15) is 0 Å². The molecule has 0 radical (unpaired) electrons. The summed E-state index contributed by atoms with van der Waals surface area (Å²) in [6, 6.07) is 0. The van der Waals surface area contributed by atoms with Crippen LogP contribution in [0.15, 0.2) is 12.2 Å². The van der Waals surface area contributed by atoms with Crippen molar-refractivity contribution in [2.75, 3.05) is 20.1 Å². The summed E-state index contributed by atoms with van der Waals surface area (Å²) in [5.74, 6) is 0.863. The molecule has 0 saturated heterocycles. The Hall–Kier alpha value is -0.300. The van der Waals surface area contributed by atoms with Gasteiger partial charge >= 0.3 is 0 Å². The largest absolute Gasteiger partial charge is 0.307 e. The van der Waals surface area contributed by atoms with Crippen LogP contribution in [-0.2, 0) is 0 Å². The lowest BCUT2D eigenvalue weighted by Gasteiger charge is -2.13. The average Bonchev–Trinajstić information content (AvgIpc) is 3.17. The van der Waals surface area contributed by atoms with E-state index in [-0.39, 0.29) is 0 Å². The molecular weight excluding hydrogens is 627 g/mol. The topological polar surface area (TPSA) is 3.24 Å². The van der Waals surface area contributed by atoms with Gasteiger partial charge in [-0.25, -0.2) is 0 Å². The molecule has 0 bridgehead atoms. The fraction of sp³-hybridized carbons (Fsp3) is 0.961. The van der Waals surface area contributed by atoms with Crippen LogP contribution < -0.4 is 0 Å². The molecule has 0 unspecified atom stereocenters. The number of unbranched alkanes of at least 4 members (excludes halogenated alkanes) is 28. The van der Waals surface area contributed by atoms with Gasteiger partial charge in [0.25, 0.3) is 0 Å². The Morgan fingerprint density at radius 1 is 0.327 bits per heavy atom. The van der Waals surface area contributed by atoms with E-state index in [1.54, 1.807) is 0 Å². The molecule has 0 aliphatic heterocycles.